The molecule has 1 aliphatic rings. The summed E-state index contributed by atoms with van der Waals surface area (Å²) in [6, 6.07) is 9.28. The van der Waals surface area contributed by atoms with Crippen molar-refractivity contribution >= 4 is 17.5 Å². The molecular formula is C16H22N2O3. The fourth-order valence-electron chi connectivity index (χ4n) is 2.54. The van der Waals surface area contributed by atoms with Crippen molar-refractivity contribution in [2.45, 2.75) is 25.7 Å². The van der Waals surface area contributed by atoms with Crippen LogP contribution in [0.1, 0.15) is 25.7 Å². The molecule has 0 aromatic heterocycles. The van der Waals surface area contributed by atoms with E-state index in [-0.39, 0.29) is 23.7 Å². The fraction of sp³-hybridized carbons (Fsp3) is 0.500. The van der Waals surface area contributed by atoms with Crippen molar-refractivity contribution in [2.24, 2.45) is 5.41 Å². The Morgan fingerprint density at radius 2 is 1.95 bits per heavy atom. The molecule has 1 aliphatic carbocycles. The van der Waals surface area contributed by atoms with Crippen molar-refractivity contribution < 1.29 is 14.3 Å². The Labute approximate surface area is 125 Å². The summed E-state index contributed by atoms with van der Waals surface area (Å²) >= 11 is 0. The highest BCUT2D eigenvalue weighted by Crippen LogP contribution is 2.41. The number of para-hydroxylation sites is 1. The van der Waals surface area contributed by atoms with Gasteiger partial charge >= 0.3 is 0 Å². The maximum Gasteiger partial charge on any atom is 0.228 e. The smallest absolute Gasteiger partial charge is 0.228 e. The van der Waals surface area contributed by atoms with Gasteiger partial charge in [0, 0.05) is 25.8 Å². The summed E-state index contributed by atoms with van der Waals surface area (Å²) in [7, 11) is 1.61. The van der Waals surface area contributed by atoms with Crippen LogP contribution >= 0.6 is 0 Å². The van der Waals surface area contributed by atoms with Gasteiger partial charge in [-0.25, -0.2) is 0 Å². The highest BCUT2D eigenvalue weighted by atomic mass is 16.5. The lowest BCUT2D eigenvalue weighted by Gasteiger charge is -2.39. The molecule has 5 heteroatoms. The number of hydrogen-bond donors (Lipinski definition) is 2. The van der Waals surface area contributed by atoms with Crippen molar-refractivity contribution in [3.63, 3.8) is 0 Å². The van der Waals surface area contributed by atoms with Crippen molar-refractivity contribution in [3.8, 4) is 0 Å². The Bertz CT molecular complexity index is 484. The standard InChI is InChI=1S/C16H22N2O3/c1-21-12-16(9-5-10-16)15(20)17-11-8-14(19)18-13-6-3-2-4-7-13/h2-4,6-7H,5,8-12H2,1H3,(H,17,20)(H,18,19). The van der Waals surface area contributed by atoms with E-state index >= 15 is 0 Å². The second-order valence-corrected chi connectivity index (χ2v) is 5.49. The second-order valence-electron chi connectivity index (χ2n) is 5.49. The van der Waals surface area contributed by atoms with Crippen LogP contribution < -0.4 is 10.6 Å². The highest BCUT2D eigenvalue weighted by Gasteiger charge is 2.43. The zero-order valence-corrected chi connectivity index (χ0v) is 12.4. The first kappa shape index (κ1) is 15.5. The molecule has 2 amide bonds. The first-order valence-electron chi connectivity index (χ1n) is 7.28. The van der Waals surface area contributed by atoms with E-state index in [0.29, 0.717) is 13.2 Å². The number of nitrogens with one attached hydrogen (secondary N) is 2. The molecule has 2 N–H and O–H groups in total. The zero-order chi connectivity index (χ0) is 15.1. The Morgan fingerprint density at radius 1 is 1.24 bits per heavy atom. The molecule has 0 radical (unpaired) electrons. The molecule has 1 fully saturated rings. The molecule has 1 saturated carbocycles. The van der Waals surface area contributed by atoms with Crippen LogP contribution in [-0.4, -0.2) is 32.1 Å². The summed E-state index contributed by atoms with van der Waals surface area (Å²) in [6.45, 7) is 0.804. The van der Waals surface area contributed by atoms with Gasteiger partial charge in [0.1, 0.15) is 0 Å². The van der Waals surface area contributed by atoms with Crippen molar-refractivity contribution in [2.75, 3.05) is 25.6 Å². The summed E-state index contributed by atoms with van der Waals surface area (Å²) in [5, 5.41) is 5.64. The summed E-state index contributed by atoms with van der Waals surface area (Å²) in [6.07, 6.45) is 3.06. The molecule has 0 aliphatic heterocycles. The van der Waals surface area contributed by atoms with Gasteiger partial charge in [0.2, 0.25) is 11.8 Å². The molecule has 21 heavy (non-hydrogen) atoms. The normalized spacial score (nSPS) is 15.9. The molecule has 0 heterocycles. The van der Waals surface area contributed by atoms with Gasteiger partial charge in [0.05, 0.1) is 12.0 Å². The van der Waals surface area contributed by atoms with Crippen molar-refractivity contribution in [1.82, 2.24) is 5.32 Å². The summed E-state index contributed by atoms with van der Waals surface area (Å²) in [5.74, 6) is -0.0981. The van der Waals surface area contributed by atoms with E-state index in [1.54, 1.807) is 7.11 Å². The van der Waals surface area contributed by atoms with Crippen LogP contribution in [0, 0.1) is 5.41 Å². The zero-order valence-electron chi connectivity index (χ0n) is 12.4. The average Bonchev–Trinajstić information content (AvgIpc) is 2.43. The van der Waals surface area contributed by atoms with Crippen LogP contribution in [0.2, 0.25) is 0 Å². The number of rotatable bonds is 7. The monoisotopic (exact) mass is 290 g/mol. The summed E-state index contributed by atoms with van der Waals surface area (Å²) < 4.78 is 5.14. The van der Waals surface area contributed by atoms with Crippen LogP contribution in [-0.2, 0) is 14.3 Å². The van der Waals surface area contributed by atoms with Gasteiger partial charge in [-0.2, -0.15) is 0 Å². The molecular weight excluding hydrogens is 268 g/mol. The predicted molar refractivity (Wildman–Crippen MR) is 80.9 cm³/mol. The number of carbonyl (C=O) groups is 2. The SMILES string of the molecule is COCC1(C(=O)NCCC(=O)Nc2ccccc2)CCC1. The third-order valence-electron chi connectivity index (χ3n) is 3.91. The lowest BCUT2D eigenvalue weighted by atomic mass is 9.68. The van der Waals surface area contributed by atoms with E-state index in [0.717, 1.165) is 24.9 Å². The van der Waals surface area contributed by atoms with Gasteiger partial charge in [-0.15, -0.1) is 0 Å². The van der Waals surface area contributed by atoms with Gasteiger partial charge in [0.15, 0.2) is 0 Å². The quantitative estimate of drug-likeness (QED) is 0.806. The van der Waals surface area contributed by atoms with Crippen LogP contribution in [0.15, 0.2) is 30.3 Å². The molecule has 5 nitrogen and oxygen atoms in total. The maximum absolute atomic E-state index is 12.2. The molecule has 0 atom stereocenters. The molecule has 0 unspecified atom stereocenters. The molecule has 1 aromatic carbocycles. The van der Waals surface area contributed by atoms with E-state index < -0.39 is 0 Å². The van der Waals surface area contributed by atoms with Crippen LogP contribution in [0.25, 0.3) is 0 Å². The molecule has 0 saturated heterocycles. The van der Waals surface area contributed by atoms with Crippen LogP contribution in [0.3, 0.4) is 0 Å². The topological polar surface area (TPSA) is 67.4 Å². The molecule has 1 aromatic rings. The van der Waals surface area contributed by atoms with Crippen LogP contribution in [0.5, 0.6) is 0 Å². The van der Waals surface area contributed by atoms with Crippen molar-refractivity contribution in [1.29, 1.82) is 0 Å². The van der Waals surface area contributed by atoms with Gasteiger partial charge in [-0.1, -0.05) is 24.6 Å². The van der Waals surface area contributed by atoms with E-state index in [1.807, 2.05) is 30.3 Å². The molecule has 0 bridgehead atoms. The van der Waals surface area contributed by atoms with E-state index in [9.17, 15) is 9.59 Å². The minimum absolute atomic E-state index is 0.00288. The van der Waals surface area contributed by atoms with E-state index in [2.05, 4.69) is 10.6 Å². The number of amides is 2. The number of benzene rings is 1. The number of methoxy groups -OCH3 is 1. The lowest BCUT2D eigenvalue weighted by molar-refractivity contribution is -0.140. The van der Waals surface area contributed by atoms with Gasteiger partial charge in [-0.3, -0.25) is 9.59 Å². The van der Waals surface area contributed by atoms with Gasteiger partial charge in [0.25, 0.3) is 0 Å². The van der Waals surface area contributed by atoms with E-state index in [4.69, 9.17) is 4.74 Å². The molecule has 114 valence electrons. The van der Waals surface area contributed by atoms with E-state index in [1.165, 1.54) is 0 Å². The highest BCUT2D eigenvalue weighted by molar-refractivity contribution is 5.91. The Hall–Kier alpha value is -1.88. The first-order valence-corrected chi connectivity index (χ1v) is 7.28. The predicted octanol–water partition coefficient (Wildman–Crippen LogP) is 1.95. The van der Waals surface area contributed by atoms with Gasteiger partial charge < -0.3 is 15.4 Å². The number of hydrogen-bond acceptors (Lipinski definition) is 3. The Morgan fingerprint density at radius 3 is 2.52 bits per heavy atom. The Kier molecular flexibility index (Phi) is 5.33. The number of anilines is 1. The molecule has 0 spiro atoms. The summed E-state index contributed by atoms with van der Waals surface area (Å²) in [5.41, 5.74) is 0.397. The average molecular weight is 290 g/mol. The van der Waals surface area contributed by atoms with Crippen LogP contribution in [0.4, 0.5) is 5.69 Å². The third-order valence-corrected chi connectivity index (χ3v) is 3.91. The van der Waals surface area contributed by atoms with Crippen molar-refractivity contribution in [3.05, 3.63) is 30.3 Å². The largest absolute Gasteiger partial charge is 0.384 e. The summed E-state index contributed by atoms with van der Waals surface area (Å²) in [4.78, 5) is 23.9. The molecule has 2 rings (SSSR count). The minimum Gasteiger partial charge on any atom is -0.384 e. The second kappa shape index (κ2) is 7.22. The van der Waals surface area contributed by atoms with Gasteiger partial charge in [-0.05, 0) is 25.0 Å². The third kappa shape index (κ3) is 4.04. The Balaban J connectivity index is 1.71. The fourth-order valence-corrected chi connectivity index (χ4v) is 2.54. The maximum atomic E-state index is 12.2. The first-order chi connectivity index (χ1) is 10.2. The lowest BCUT2D eigenvalue weighted by Crippen LogP contribution is -2.49. The number of carbonyl (C=O) groups excluding carboxylic acids is 2. The minimum atomic E-state index is -0.370. The number of ether oxygens (including phenoxy) is 1.